The molecular weight excluding hydrogens is 288 g/mol. The highest BCUT2D eigenvalue weighted by Gasteiger charge is 1.96. The molecule has 0 amide bonds. The molecule has 0 aromatic heterocycles. The maximum Gasteiger partial charge on any atom is 0.303 e. The highest BCUT2D eigenvalue weighted by molar-refractivity contribution is 5.66. The zero-order chi connectivity index (χ0) is 17.2. The van der Waals surface area contributed by atoms with Crippen LogP contribution in [-0.2, 0) is 4.79 Å². The molecule has 3 nitrogen and oxygen atoms in total. The van der Waals surface area contributed by atoms with Crippen molar-refractivity contribution in [2.24, 2.45) is 0 Å². The summed E-state index contributed by atoms with van der Waals surface area (Å²) in [6.45, 7) is 2.16. The van der Waals surface area contributed by atoms with Gasteiger partial charge in [0.25, 0.3) is 0 Å². The van der Waals surface area contributed by atoms with E-state index in [0.717, 1.165) is 51.4 Å². The monoisotopic (exact) mass is 322 g/mol. The molecule has 0 bridgehead atoms. The summed E-state index contributed by atoms with van der Waals surface area (Å²) in [6.07, 6.45) is 22.5. The molecule has 0 aliphatic carbocycles. The topological polar surface area (TPSA) is 57.5 Å². The van der Waals surface area contributed by atoms with E-state index in [1.165, 1.54) is 12.8 Å². The molecule has 2 N–H and O–H groups in total. The van der Waals surface area contributed by atoms with Crippen molar-refractivity contribution in [3.8, 4) is 0 Å². The second kappa shape index (κ2) is 17.0. The Hall–Kier alpha value is -1.35. The van der Waals surface area contributed by atoms with Crippen LogP contribution in [0.25, 0.3) is 0 Å². The van der Waals surface area contributed by atoms with E-state index >= 15 is 0 Å². The van der Waals surface area contributed by atoms with Crippen molar-refractivity contribution >= 4 is 5.97 Å². The molecule has 0 unspecified atom stereocenters. The van der Waals surface area contributed by atoms with E-state index in [9.17, 15) is 9.90 Å². The summed E-state index contributed by atoms with van der Waals surface area (Å²) in [5, 5.41) is 18.2. The van der Waals surface area contributed by atoms with Crippen LogP contribution in [-0.4, -0.2) is 22.3 Å². The van der Waals surface area contributed by atoms with E-state index in [2.05, 4.69) is 25.2 Å². The maximum atomic E-state index is 10.3. The Balaban J connectivity index is 3.45. The molecule has 0 radical (unpaired) electrons. The van der Waals surface area contributed by atoms with Gasteiger partial charge in [-0.3, -0.25) is 4.79 Å². The second-order valence-corrected chi connectivity index (χ2v) is 5.93. The van der Waals surface area contributed by atoms with Crippen molar-refractivity contribution in [3.63, 3.8) is 0 Å². The first-order valence-electron chi connectivity index (χ1n) is 9.05. The van der Waals surface area contributed by atoms with E-state index in [4.69, 9.17) is 5.11 Å². The Bertz CT molecular complexity index is 356. The lowest BCUT2D eigenvalue weighted by atomic mass is 10.1. The zero-order valence-electron chi connectivity index (χ0n) is 14.6. The summed E-state index contributed by atoms with van der Waals surface area (Å²) in [5.41, 5.74) is 0. The van der Waals surface area contributed by atoms with Gasteiger partial charge in [0.05, 0.1) is 6.10 Å². The van der Waals surface area contributed by atoms with Gasteiger partial charge in [-0.05, 0) is 32.1 Å². The number of hydrogen-bond donors (Lipinski definition) is 2. The Morgan fingerprint density at radius 2 is 1.74 bits per heavy atom. The molecular formula is C20H34O3. The normalized spacial score (nSPS) is 13.5. The van der Waals surface area contributed by atoms with Crippen molar-refractivity contribution in [3.05, 3.63) is 36.5 Å². The van der Waals surface area contributed by atoms with Gasteiger partial charge in [-0.2, -0.15) is 0 Å². The lowest BCUT2D eigenvalue weighted by Crippen LogP contribution is -2.00. The first kappa shape index (κ1) is 21.6. The lowest BCUT2D eigenvalue weighted by molar-refractivity contribution is -0.137. The number of rotatable bonds is 15. The summed E-state index contributed by atoms with van der Waals surface area (Å²) >= 11 is 0. The van der Waals surface area contributed by atoms with Gasteiger partial charge >= 0.3 is 5.97 Å². The average Bonchev–Trinajstić information content (AvgIpc) is 2.51. The summed E-state index contributed by atoms with van der Waals surface area (Å²) in [7, 11) is 0. The molecule has 132 valence electrons. The summed E-state index contributed by atoms with van der Waals surface area (Å²) in [4.78, 5) is 10.3. The molecule has 1 atom stereocenters. The number of carbonyl (C=O) groups is 1. The number of aliphatic hydroxyl groups excluding tert-OH is 1. The van der Waals surface area contributed by atoms with E-state index < -0.39 is 5.97 Å². The second-order valence-electron chi connectivity index (χ2n) is 5.93. The minimum Gasteiger partial charge on any atom is -0.481 e. The van der Waals surface area contributed by atoms with Crippen molar-refractivity contribution < 1.29 is 15.0 Å². The largest absolute Gasteiger partial charge is 0.481 e. The van der Waals surface area contributed by atoms with E-state index in [1.807, 2.05) is 18.2 Å². The van der Waals surface area contributed by atoms with Crippen LogP contribution in [0.2, 0.25) is 0 Å². The van der Waals surface area contributed by atoms with Gasteiger partial charge in [0.15, 0.2) is 0 Å². The van der Waals surface area contributed by atoms with Crippen LogP contribution in [0, 0.1) is 0 Å². The fourth-order valence-electron chi connectivity index (χ4n) is 2.23. The molecule has 0 aromatic rings. The number of unbranched alkanes of at least 4 members (excludes halogenated alkanes) is 6. The van der Waals surface area contributed by atoms with Crippen LogP contribution in [0.3, 0.4) is 0 Å². The summed E-state index contributed by atoms with van der Waals surface area (Å²) in [6, 6.07) is 0. The fraction of sp³-hybridized carbons (Fsp3) is 0.650. The maximum absolute atomic E-state index is 10.3. The Morgan fingerprint density at radius 1 is 0.957 bits per heavy atom. The molecule has 23 heavy (non-hydrogen) atoms. The Labute approximate surface area is 141 Å². The van der Waals surface area contributed by atoms with Gasteiger partial charge in [-0.25, -0.2) is 0 Å². The molecule has 0 heterocycles. The van der Waals surface area contributed by atoms with Gasteiger partial charge in [-0.15, -0.1) is 0 Å². The number of hydrogen-bond acceptors (Lipinski definition) is 2. The van der Waals surface area contributed by atoms with E-state index in [1.54, 1.807) is 0 Å². The summed E-state index contributed by atoms with van der Waals surface area (Å²) < 4.78 is 0. The molecule has 0 aromatic carbocycles. The van der Waals surface area contributed by atoms with Crippen LogP contribution in [0.15, 0.2) is 36.5 Å². The minimum absolute atomic E-state index is 0.293. The molecule has 0 saturated heterocycles. The number of allylic oxidation sites excluding steroid dienone is 5. The van der Waals surface area contributed by atoms with E-state index in [0.29, 0.717) is 6.42 Å². The molecule has 0 aliphatic heterocycles. The first-order valence-corrected chi connectivity index (χ1v) is 9.05. The quantitative estimate of drug-likeness (QED) is 0.241. The van der Waals surface area contributed by atoms with Crippen molar-refractivity contribution in [2.45, 2.75) is 83.7 Å². The van der Waals surface area contributed by atoms with Crippen LogP contribution >= 0.6 is 0 Å². The fourth-order valence-corrected chi connectivity index (χ4v) is 2.23. The molecule has 0 fully saturated rings. The number of carboxylic acid groups (broad SMARTS) is 1. The van der Waals surface area contributed by atoms with Gasteiger partial charge in [-0.1, -0.05) is 75.5 Å². The third-order valence-electron chi connectivity index (χ3n) is 3.63. The number of aliphatic hydroxyl groups is 1. The molecule has 0 rings (SSSR count). The van der Waals surface area contributed by atoms with Gasteiger partial charge in [0.1, 0.15) is 0 Å². The van der Waals surface area contributed by atoms with Gasteiger partial charge in [0.2, 0.25) is 0 Å². The van der Waals surface area contributed by atoms with Crippen molar-refractivity contribution in [1.82, 2.24) is 0 Å². The smallest absolute Gasteiger partial charge is 0.303 e. The summed E-state index contributed by atoms with van der Waals surface area (Å²) in [5.74, 6) is -0.695. The van der Waals surface area contributed by atoms with Crippen LogP contribution in [0.4, 0.5) is 0 Å². The van der Waals surface area contributed by atoms with Crippen molar-refractivity contribution in [2.75, 3.05) is 0 Å². The SMILES string of the molecule is CCCCC[C@H](O)/C=C/C=C/C/C=C/CCCCCCC(=O)O. The van der Waals surface area contributed by atoms with E-state index in [-0.39, 0.29) is 6.10 Å². The standard InChI is InChI=1S/C20H34O3/c1-2-3-13-16-19(21)17-14-11-9-7-5-4-6-8-10-12-15-18-20(22)23/h4-5,9,11,14,17,19,21H,2-3,6-8,10,12-13,15-16,18H2,1H3,(H,22,23)/b5-4+,11-9+,17-14+/t19-/m0/s1. The van der Waals surface area contributed by atoms with Crippen LogP contribution in [0.1, 0.15) is 77.6 Å². The predicted octanol–water partition coefficient (Wildman–Crippen LogP) is 5.41. The minimum atomic E-state index is -0.695. The number of aliphatic carboxylic acids is 1. The highest BCUT2D eigenvalue weighted by Crippen LogP contribution is 2.06. The third kappa shape index (κ3) is 18.6. The first-order chi connectivity index (χ1) is 11.2. The molecule has 3 heteroatoms. The van der Waals surface area contributed by atoms with Gasteiger partial charge < -0.3 is 10.2 Å². The number of carboxylic acids is 1. The third-order valence-corrected chi connectivity index (χ3v) is 3.63. The molecule has 0 spiro atoms. The van der Waals surface area contributed by atoms with Crippen LogP contribution < -0.4 is 0 Å². The highest BCUT2D eigenvalue weighted by atomic mass is 16.4. The molecule has 0 aliphatic rings. The lowest BCUT2D eigenvalue weighted by Gasteiger charge is -2.02. The molecule has 0 saturated carbocycles. The van der Waals surface area contributed by atoms with Crippen molar-refractivity contribution in [1.29, 1.82) is 0 Å². The Morgan fingerprint density at radius 3 is 2.48 bits per heavy atom. The average molecular weight is 322 g/mol. The Kier molecular flexibility index (Phi) is 16.0. The predicted molar refractivity (Wildman–Crippen MR) is 97.5 cm³/mol. The van der Waals surface area contributed by atoms with Crippen LogP contribution in [0.5, 0.6) is 0 Å². The zero-order valence-corrected chi connectivity index (χ0v) is 14.6. The van der Waals surface area contributed by atoms with Gasteiger partial charge in [0, 0.05) is 6.42 Å².